The Kier molecular flexibility index (Phi) is 5.06. The third-order valence-electron chi connectivity index (χ3n) is 0.759. The Hall–Kier alpha value is 1.80. The van der Waals surface area contributed by atoms with Gasteiger partial charge in [0.15, 0.2) is 0 Å². The molecule has 2 nitrogen and oxygen atoms in total. The molecule has 0 N–H and O–H groups in total. The molecule has 9 heteroatoms. The molecule has 0 unspecified atom stereocenters. The first-order chi connectivity index (χ1) is 4.65. The molecule has 68 valence electrons. The van der Waals surface area contributed by atoms with Crippen LogP contribution in [0.5, 0.6) is 0 Å². The quantitative estimate of drug-likeness (QED) is 0.586. The third kappa shape index (κ3) is 5.95. The van der Waals surface area contributed by atoms with Crippen molar-refractivity contribution < 1.29 is 4.12 Å². The highest BCUT2D eigenvalue weighted by Crippen LogP contribution is 2.30. The van der Waals surface area contributed by atoms with Crippen molar-refractivity contribution in [1.82, 2.24) is 4.57 Å². The molecule has 0 aliphatic heterocycles. The van der Waals surface area contributed by atoms with Crippen LogP contribution in [0.2, 0.25) is 0 Å². The van der Waals surface area contributed by atoms with E-state index < -0.39 is 13.3 Å². The fourth-order valence-corrected chi connectivity index (χ4v) is 9.30. The summed E-state index contributed by atoms with van der Waals surface area (Å²) in [5.41, 5.74) is 0. The minimum atomic E-state index is -3.18. The molecule has 0 radical (unpaired) electrons. The van der Waals surface area contributed by atoms with Crippen LogP contribution in [0.1, 0.15) is 0 Å². The predicted octanol–water partition coefficient (Wildman–Crippen LogP) is 2.63. The summed E-state index contributed by atoms with van der Waals surface area (Å²) in [7, 11) is 0.355. The highest BCUT2D eigenvalue weighted by Gasteiger charge is 2.44. The Morgan fingerprint density at radius 3 is 1.45 bits per heavy atom. The molecule has 0 rings (SSSR count). The van der Waals surface area contributed by atoms with Crippen molar-refractivity contribution in [1.29, 1.82) is 0 Å². The lowest BCUT2D eigenvalue weighted by molar-refractivity contribution is 0.499. The molecule has 0 spiro atoms. The Bertz CT molecular complexity index is 135. The van der Waals surface area contributed by atoms with Crippen LogP contribution in [0.4, 0.5) is 0 Å². The fraction of sp³-hybridized carbons (Fsp3) is 1.00. The third-order valence-corrected chi connectivity index (χ3v) is 9.21. The average Bonchev–Trinajstić information content (AvgIpc) is 1.56. The normalized spacial score (nSPS) is 14.2. The topological polar surface area (TPSA) is 12.5 Å². The minimum absolute atomic E-state index is 1.52. The maximum absolute atomic E-state index is 5.75. The Morgan fingerprint density at radius 1 is 1.00 bits per heavy atom. The number of nitrogens with zero attached hydrogens (tertiary/aromatic N) is 1. The van der Waals surface area contributed by atoms with E-state index in [1.807, 2.05) is 0 Å². The van der Waals surface area contributed by atoms with E-state index in [1.54, 1.807) is 14.1 Å². The SMILES string of the molecule is CN(C)[Si](Cl)(Cl)O[Si](Cl)(Cl)Cl. The van der Waals surface area contributed by atoms with Crippen LogP contribution in [0, 0.1) is 0 Å². The summed E-state index contributed by atoms with van der Waals surface area (Å²) in [6.07, 6.45) is -3.18. The smallest absolute Gasteiger partial charge is 0.387 e. The van der Waals surface area contributed by atoms with Gasteiger partial charge in [-0.25, -0.2) is 0 Å². The molecule has 0 aliphatic rings. The average molecular weight is 294 g/mol. The molecule has 0 aromatic carbocycles. The second-order valence-corrected chi connectivity index (χ2v) is 15.7. The predicted molar refractivity (Wildman–Crippen MR) is 55.5 cm³/mol. The molecule has 0 heterocycles. The molecule has 0 aromatic rings. The number of halogens is 5. The summed E-state index contributed by atoms with van der Waals surface area (Å²) in [5, 5.41) is 0. The lowest BCUT2D eigenvalue weighted by Gasteiger charge is -2.26. The number of hydrogen-bond acceptors (Lipinski definition) is 2. The van der Waals surface area contributed by atoms with E-state index >= 15 is 0 Å². The van der Waals surface area contributed by atoms with Crippen LogP contribution in [0.15, 0.2) is 0 Å². The highest BCUT2D eigenvalue weighted by molar-refractivity contribution is 7.64. The van der Waals surface area contributed by atoms with Crippen LogP contribution in [-0.2, 0) is 4.12 Å². The second-order valence-electron chi connectivity index (χ2n) is 1.93. The molecule has 0 bridgehead atoms. The first-order valence-electron chi connectivity index (χ1n) is 2.47. The first-order valence-corrected chi connectivity index (χ1v) is 11.3. The summed E-state index contributed by atoms with van der Waals surface area (Å²) in [4.78, 5) is 0. The summed E-state index contributed by atoms with van der Waals surface area (Å²) in [6.45, 7) is 0. The Balaban J connectivity index is 4.13. The fourth-order valence-electron chi connectivity index (χ4n) is 0.231. The second kappa shape index (κ2) is 4.35. The maximum Gasteiger partial charge on any atom is 0.486 e. The zero-order valence-corrected chi connectivity index (χ0v) is 11.5. The van der Waals surface area contributed by atoms with E-state index in [-0.39, 0.29) is 0 Å². The van der Waals surface area contributed by atoms with Gasteiger partial charge in [-0.05, 0) is 14.1 Å². The molecule has 0 saturated carbocycles. The van der Waals surface area contributed by atoms with Crippen molar-refractivity contribution in [2.75, 3.05) is 14.1 Å². The lowest BCUT2D eigenvalue weighted by atomic mass is 11.3. The van der Waals surface area contributed by atoms with Gasteiger partial charge in [-0.2, -0.15) is 0 Å². The molecule has 0 saturated heterocycles. The van der Waals surface area contributed by atoms with Gasteiger partial charge in [0.05, 0.1) is 0 Å². The molecule has 0 atom stereocenters. The van der Waals surface area contributed by atoms with E-state index in [4.69, 9.17) is 59.5 Å². The first kappa shape index (κ1) is 12.8. The molecular formula is C2H6Cl5NOSi2. The van der Waals surface area contributed by atoms with E-state index in [2.05, 4.69) is 0 Å². The van der Waals surface area contributed by atoms with E-state index in [0.717, 1.165) is 0 Å². The maximum atomic E-state index is 5.75. The Labute approximate surface area is 91.1 Å². The van der Waals surface area contributed by atoms with Crippen LogP contribution in [0.25, 0.3) is 0 Å². The number of hydrogen-bond donors (Lipinski definition) is 0. The van der Waals surface area contributed by atoms with Gasteiger partial charge in [-0.1, -0.05) is 55.4 Å². The highest BCUT2D eigenvalue weighted by atomic mass is 35.8. The number of rotatable bonds is 3. The van der Waals surface area contributed by atoms with Crippen LogP contribution < -0.4 is 0 Å². The van der Waals surface area contributed by atoms with E-state index in [9.17, 15) is 0 Å². The van der Waals surface area contributed by atoms with Gasteiger partial charge in [0.1, 0.15) is 0 Å². The van der Waals surface area contributed by atoms with Gasteiger partial charge in [-0.3, -0.25) is 4.57 Å². The molecule has 0 fully saturated rings. The summed E-state index contributed by atoms with van der Waals surface area (Å²) >= 11 is 27.8. The van der Waals surface area contributed by atoms with Crippen molar-refractivity contribution in [3.05, 3.63) is 0 Å². The van der Waals surface area contributed by atoms with Crippen molar-refractivity contribution in [2.24, 2.45) is 0 Å². The largest absolute Gasteiger partial charge is 0.486 e. The van der Waals surface area contributed by atoms with Crippen molar-refractivity contribution in [2.45, 2.75) is 0 Å². The molecular weight excluding hydrogens is 287 g/mol. The zero-order valence-electron chi connectivity index (χ0n) is 5.75. The van der Waals surface area contributed by atoms with E-state index in [1.165, 1.54) is 4.57 Å². The molecule has 0 amide bonds. The van der Waals surface area contributed by atoms with Gasteiger partial charge < -0.3 is 4.12 Å². The van der Waals surface area contributed by atoms with Crippen molar-refractivity contribution in [3.8, 4) is 0 Å². The van der Waals surface area contributed by atoms with Gasteiger partial charge in [-0.15, -0.1) is 0 Å². The van der Waals surface area contributed by atoms with Gasteiger partial charge in [0, 0.05) is 0 Å². The summed E-state index contributed by atoms with van der Waals surface area (Å²) in [6, 6.07) is 0. The summed E-state index contributed by atoms with van der Waals surface area (Å²) in [5.74, 6) is 0. The van der Waals surface area contributed by atoms with Crippen molar-refractivity contribution in [3.63, 3.8) is 0 Å². The van der Waals surface area contributed by atoms with Gasteiger partial charge >= 0.3 is 13.3 Å². The lowest BCUT2D eigenvalue weighted by Crippen LogP contribution is -2.46. The van der Waals surface area contributed by atoms with Crippen LogP contribution in [-0.4, -0.2) is 32.0 Å². The zero-order chi connectivity index (χ0) is 9.28. The van der Waals surface area contributed by atoms with Gasteiger partial charge in [0.2, 0.25) is 0 Å². The van der Waals surface area contributed by atoms with E-state index in [0.29, 0.717) is 0 Å². The molecule has 0 aromatic heterocycles. The molecule has 11 heavy (non-hydrogen) atoms. The van der Waals surface area contributed by atoms with Crippen molar-refractivity contribution >= 4 is 68.7 Å². The standard InChI is InChI=1S/C2H6Cl5NOSi2/c1-8(2)11(6,7)9-10(3,4)5/h1-2H3. The molecule has 0 aliphatic carbocycles. The summed E-state index contributed by atoms with van der Waals surface area (Å²) < 4.78 is 6.44. The van der Waals surface area contributed by atoms with Crippen LogP contribution >= 0.6 is 55.4 Å². The Morgan fingerprint density at radius 2 is 1.36 bits per heavy atom. The monoisotopic (exact) mass is 291 g/mol. The minimum Gasteiger partial charge on any atom is -0.387 e. The van der Waals surface area contributed by atoms with Crippen LogP contribution in [0.3, 0.4) is 0 Å². The van der Waals surface area contributed by atoms with Gasteiger partial charge in [0.25, 0.3) is 0 Å².